The fourth-order valence-electron chi connectivity index (χ4n) is 3.70. The number of carbonyl (C=O) groups is 3. The smallest absolute Gasteiger partial charge is 0.408 e. The summed E-state index contributed by atoms with van der Waals surface area (Å²) in [6.07, 6.45) is -0.705. The molecular weight excluding hydrogens is 420 g/mol. The standard InChI is InChI=1S/C26H24N2O5/c29-24-21(20-13-7-8-14-22(20)27-24)15-23(25(30)32-16-18-9-3-1-4-10-18)28-26(31)33-17-19-11-5-2-6-12-19/h1-14,21,23H,15-17H2,(H,27,29)(H,28,31)/t21?,23-/m0/s1. The summed E-state index contributed by atoms with van der Waals surface area (Å²) in [4.78, 5) is 37.9. The quantitative estimate of drug-likeness (QED) is 0.509. The zero-order valence-electron chi connectivity index (χ0n) is 17.9. The van der Waals surface area contributed by atoms with Crippen LogP contribution in [0.3, 0.4) is 0 Å². The topological polar surface area (TPSA) is 93.7 Å². The number of ether oxygens (including phenoxy) is 2. The van der Waals surface area contributed by atoms with E-state index in [9.17, 15) is 14.4 Å². The van der Waals surface area contributed by atoms with Crippen LogP contribution in [0, 0.1) is 0 Å². The van der Waals surface area contributed by atoms with Crippen LogP contribution in [0.1, 0.15) is 29.0 Å². The van der Waals surface area contributed by atoms with Crippen LogP contribution in [0.15, 0.2) is 84.9 Å². The Hall–Kier alpha value is -4.13. The van der Waals surface area contributed by atoms with Crippen LogP contribution in [-0.4, -0.2) is 24.0 Å². The van der Waals surface area contributed by atoms with Gasteiger partial charge in [0.15, 0.2) is 0 Å². The van der Waals surface area contributed by atoms with E-state index in [0.717, 1.165) is 16.7 Å². The Kier molecular flexibility index (Phi) is 6.99. The summed E-state index contributed by atoms with van der Waals surface area (Å²) < 4.78 is 10.7. The molecule has 33 heavy (non-hydrogen) atoms. The number of amides is 2. The van der Waals surface area contributed by atoms with Crippen molar-refractivity contribution in [2.75, 3.05) is 5.32 Å². The number of rotatable bonds is 8. The molecule has 7 nitrogen and oxygen atoms in total. The summed E-state index contributed by atoms with van der Waals surface area (Å²) in [5.41, 5.74) is 3.12. The van der Waals surface area contributed by atoms with Gasteiger partial charge in [0.1, 0.15) is 19.3 Å². The highest BCUT2D eigenvalue weighted by atomic mass is 16.6. The molecule has 2 amide bonds. The first kappa shape index (κ1) is 22.1. The van der Waals surface area contributed by atoms with Crippen molar-refractivity contribution in [3.63, 3.8) is 0 Å². The maximum Gasteiger partial charge on any atom is 0.408 e. The molecule has 7 heteroatoms. The molecule has 168 valence electrons. The Bertz CT molecular complexity index is 1120. The Morgan fingerprint density at radius 2 is 1.39 bits per heavy atom. The number of nitrogens with one attached hydrogen (secondary N) is 2. The van der Waals surface area contributed by atoms with E-state index in [4.69, 9.17) is 9.47 Å². The molecule has 3 aromatic rings. The molecule has 0 saturated heterocycles. The number of para-hydroxylation sites is 1. The first-order valence-corrected chi connectivity index (χ1v) is 10.7. The zero-order chi connectivity index (χ0) is 23.0. The molecule has 2 atom stereocenters. The molecule has 0 spiro atoms. The first-order chi connectivity index (χ1) is 16.1. The van der Waals surface area contributed by atoms with Crippen LogP contribution >= 0.6 is 0 Å². The van der Waals surface area contributed by atoms with Gasteiger partial charge in [-0.1, -0.05) is 78.9 Å². The van der Waals surface area contributed by atoms with Gasteiger partial charge in [0.05, 0.1) is 5.92 Å². The molecule has 3 aromatic carbocycles. The first-order valence-electron chi connectivity index (χ1n) is 10.7. The molecular formula is C26H24N2O5. The zero-order valence-corrected chi connectivity index (χ0v) is 17.9. The molecule has 4 rings (SSSR count). The summed E-state index contributed by atoms with van der Waals surface area (Å²) in [5, 5.41) is 5.40. The Labute approximate surface area is 191 Å². The van der Waals surface area contributed by atoms with Crippen LogP contribution in [-0.2, 0) is 32.3 Å². The van der Waals surface area contributed by atoms with Crippen LogP contribution in [0.2, 0.25) is 0 Å². The highest BCUT2D eigenvalue weighted by Crippen LogP contribution is 2.35. The molecule has 0 radical (unpaired) electrons. The van der Waals surface area contributed by atoms with Gasteiger partial charge in [-0.15, -0.1) is 0 Å². The minimum Gasteiger partial charge on any atom is -0.459 e. The fourth-order valence-corrected chi connectivity index (χ4v) is 3.70. The van der Waals surface area contributed by atoms with Crippen molar-refractivity contribution in [1.82, 2.24) is 5.32 Å². The van der Waals surface area contributed by atoms with Crippen molar-refractivity contribution in [3.8, 4) is 0 Å². The van der Waals surface area contributed by atoms with Gasteiger partial charge in [-0.2, -0.15) is 0 Å². The molecule has 1 heterocycles. The van der Waals surface area contributed by atoms with Crippen molar-refractivity contribution in [2.45, 2.75) is 31.6 Å². The van der Waals surface area contributed by atoms with Gasteiger partial charge in [0.25, 0.3) is 0 Å². The van der Waals surface area contributed by atoms with Gasteiger partial charge in [-0.3, -0.25) is 4.79 Å². The van der Waals surface area contributed by atoms with Crippen LogP contribution in [0.25, 0.3) is 0 Å². The monoisotopic (exact) mass is 444 g/mol. The maximum absolute atomic E-state index is 12.9. The number of alkyl carbamates (subject to hydrolysis) is 1. The third-order valence-corrected chi connectivity index (χ3v) is 5.40. The second-order valence-electron chi connectivity index (χ2n) is 7.72. The largest absolute Gasteiger partial charge is 0.459 e. The molecule has 1 unspecified atom stereocenters. The number of esters is 1. The van der Waals surface area contributed by atoms with Crippen molar-refractivity contribution in [3.05, 3.63) is 102 Å². The summed E-state index contributed by atoms with van der Waals surface area (Å²) in [5.74, 6) is -1.45. The fraction of sp³-hybridized carbons (Fsp3) is 0.192. The Balaban J connectivity index is 1.44. The van der Waals surface area contributed by atoms with Crippen molar-refractivity contribution >= 4 is 23.7 Å². The van der Waals surface area contributed by atoms with E-state index >= 15 is 0 Å². The van der Waals surface area contributed by atoms with Crippen molar-refractivity contribution in [2.24, 2.45) is 0 Å². The van der Waals surface area contributed by atoms with Crippen LogP contribution < -0.4 is 10.6 Å². The molecule has 0 bridgehead atoms. The van der Waals surface area contributed by atoms with E-state index in [2.05, 4.69) is 10.6 Å². The van der Waals surface area contributed by atoms with Crippen LogP contribution in [0.5, 0.6) is 0 Å². The maximum atomic E-state index is 12.9. The predicted octanol–water partition coefficient (Wildman–Crippen LogP) is 4.15. The van der Waals surface area contributed by atoms with E-state index in [1.807, 2.05) is 78.9 Å². The van der Waals surface area contributed by atoms with E-state index in [1.165, 1.54) is 0 Å². The molecule has 0 fully saturated rings. The molecule has 1 aliphatic heterocycles. The van der Waals surface area contributed by atoms with Crippen LogP contribution in [0.4, 0.5) is 10.5 Å². The van der Waals surface area contributed by atoms with E-state index in [-0.39, 0.29) is 25.5 Å². The summed E-state index contributed by atoms with van der Waals surface area (Å²) in [7, 11) is 0. The normalized spacial score (nSPS) is 15.2. The number of hydrogen-bond acceptors (Lipinski definition) is 5. The number of anilines is 1. The summed E-state index contributed by atoms with van der Waals surface area (Å²) in [6.45, 7) is 0.121. The van der Waals surface area contributed by atoms with Gasteiger partial charge in [-0.25, -0.2) is 9.59 Å². The lowest BCUT2D eigenvalue weighted by Crippen LogP contribution is -2.43. The van der Waals surface area contributed by atoms with Gasteiger partial charge in [0.2, 0.25) is 5.91 Å². The number of benzene rings is 3. The average molecular weight is 444 g/mol. The van der Waals surface area contributed by atoms with Gasteiger partial charge in [-0.05, 0) is 29.2 Å². The highest BCUT2D eigenvalue weighted by Gasteiger charge is 2.36. The number of hydrogen-bond donors (Lipinski definition) is 2. The summed E-state index contributed by atoms with van der Waals surface area (Å²) in [6, 6.07) is 24.7. The Morgan fingerprint density at radius 1 is 0.818 bits per heavy atom. The van der Waals surface area contributed by atoms with Crippen molar-refractivity contribution < 1.29 is 23.9 Å². The highest BCUT2D eigenvalue weighted by molar-refractivity contribution is 6.03. The molecule has 0 saturated carbocycles. The van der Waals surface area contributed by atoms with E-state index in [0.29, 0.717) is 5.69 Å². The molecule has 1 aliphatic rings. The SMILES string of the molecule is O=C(N[C@@H](CC1C(=O)Nc2ccccc21)C(=O)OCc1ccccc1)OCc1ccccc1. The Morgan fingerprint density at radius 3 is 2.06 bits per heavy atom. The second-order valence-corrected chi connectivity index (χ2v) is 7.72. The third kappa shape index (κ3) is 5.77. The average Bonchev–Trinajstić information content (AvgIpc) is 3.17. The van der Waals surface area contributed by atoms with Gasteiger partial charge >= 0.3 is 12.1 Å². The third-order valence-electron chi connectivity index (χ3n) is 5.40. The number of carbonyl (C=O) groups excluding carboxylic acids is 3. The van der Waals surface area contributed by atoms with Gasteiger partial charge < -0.3 is 20.1 Å². The second kappa shape index (κ2) is 10.5. The molecule has 0 aliphatic carbocycles. The van der Waals surface area contributed by atoms with Crippen molar-refractivity contribution in [1.29, 1.82) is 0 Å². The summed E-state index contributed by atoms with van der Waals surface area (Å²) >= 11 is 0. The molecule has 0 aromatic heterocycles. The minimum absolute atomic E-state index is 0.0525. The van der Waals surface area contributed by atoms with E-state index in [1.54, 1.807) is 6.07 Å². The number of fused-ring (bicyclic) bond motifs is 1. The lowest BCUT2D eigenvalue weighted by atomic mass is 9.93. The minimum atomic E-state index is -1.06. The van der Waals surface area contributed by atoms with Gasteiger partial charge in [0, 0.05) is 5.69 Å². The van der Waals surface area contributed by atoms with E-state index < -0.39 is 24.0 Å². The molecule has 2 N–H and O–H groups in total. The predicted molar refractivity (Wildman–Crippen MR) is 122 cm³/mol. The lowest BCUT2D eigenvalue weighted by Gasteiger charge is -2.20. The lowest BCUT2D eigenvalue weighted by molar-refractivity contribution is -0.147.